The van der Waals surface area contributed by atoms with E-state index in [2.05, 4.69) is 22.3 Å². The van der Waals surface area contributed by atoms with E-state index in [-0.39, 0.29) is 23.9 Å². The van der Waals surface area contributed by atoms with E-state index < -0.39 is 17.5 Å². The largest absolute Gasteiger partial charge is 0.481 e. The molecule has 1 aliphatic carbocycles. The van der Waals surface area contributed by atoms with Gasteiger partial charge in [-0.25, -0.2) is 4.79 Å². The van der Waals surface area contributed by atoms with E-state index in [0.29, 0.717) is 12.8 Å². The number of hydrogen-bond donors (Lipinski definition) is 3. The molecule has 0 spiro atoms. The molecule has 0 aliphatic heterocycles. The SMILES string of the molecule is Nc1noc(C#Cc2cc3cc(C4(C(=O)O)CC4)sc3s2)c1NC(=O)OCc1ccccc1. The van der Waals surface area contributed by atoms with Gasteiger partial charge in [-0.3, -0.25) is 10.1 Å². The first-order valence-electron chi connectivity index (χ1n) is 9.97. The predicted molar refractivity (Wildman–Crippen MR) is 125 cm³/mol. The van der Waals surface area contributed by atoms with Crippen LogP contribution in [-0.4, -0.2) is 22.3 Å². The smallest absolute Gasteiger partial charge is 0.412 e. The number of thiophene rings is 2. The van der Waals surface area contributed by atoms with Gasteiger partial charge in [-0.15, -0.1) is 22.7 Å². The highest BCUT2D eigenvalue weighted by molar-refractivity contribution is 7.38. The van der Waals surface area contributed by atoms with E-state index >= 15 is 0 Å². The summed E-state index contributed by atoms with van der Waals surface area (Å²) in [5.41, 5.74) is 6.11. The molecular formula is C23H17N3O5S2. The number of carbonyl (C=O) groups is 2. The molecule has 1 aromatic carbocycles. The number of fused-ring (bicyclic) bond motifs is 1. The third kappa shape index (κ3) is 4.16. The van der Waals surface area contributed by atoms with Crippen LogP contribution in [0.4, 0.5) is 16.3 Å². The maximum Gasteiger partial charge on any atom is 0.412 e. The van der Waals surface area contributed by atoms with Crippen LogP contribution in [0.3, 0.4) is 0 Å². The van der Waals surface area contributed by atoms with E-state index in [9.17, 15) is 14.7 Å². The van der Waals surface area contributed by atoms with Crippen molar-refractivity contribution in [2.75, 3.05) is 11.1 Å². The summed E-state index contributed by atoms with van der Waals surface area (Å²) in [5.74, 6) is 5.19. The van der Waals surface area contributed by atoms with Gasteiger partial charge in [0.25, 0.3) is 0 Å². The minimum Gasteiger partial charge on any atom is -0.481 e. The zero-order valence-electron chi connectivity index (χ0n) is 17.1. The summed E-state index contributed by atoms with van der Waals surface area (Å²) in [4.78, 5) is 25.4. The molecule has 10 heteroatoms. The van der Waals surface area contributed by atoms with Crippen molar-refractivity contribution < 1.29 is 24.0 Å². The van der Waals surface area contributed by atoms with Gasteiger partial charge in [0.15, 0.2) is 5.82 Å². The number of carboxylic acid groups (broad SMARTS) is 1. The summed E-state index contributed by atoms with van der Waals surface area (Å²) in [7, 11) is 0. The van der Waals surface area contributed by atoms with Crippen LogP contribution >= 0.6 is 22.7 Å². The van der Waals surface area contributed by atoms with Crippen LogP contribution < -0.4 is 11.1 Å². The molecule has 3 aromatic heterocycles. The van der Waals surface area contributed by atoms with E-state index in [1.165, 1.54) is 22.7 Å². The summed E-state index contributed by atoms with van der Waals surface area (Å²) in [6.45, 7) is 0.107. The molecule has 33 heavy (non-hydrogen) atoms. The molecule has 0 radical (unpaired) electrons. The maximum absolute atomic E-state index is 12.2. The lowest BCUT2D eigenvalue weighted by Gasteiger charge is -2.05. The molecule has 3 heterocycles. The normalized spacial score (nSPS) is 13.8. The van der Waals surface area contributed by atoms with E-state index in [4.69, 9.17) is 15.0 Å². The number of aromatic nitrogens is 1. The summed E-state index contributed by atoms with van der Waals surface area (Å²) < 4.78 is 11.4. The minimum absolute atomic E-state index is 0.00355. The third-order valence-corrected chi connectivity index (χ3v) is 7.81. The van der Waals surface area contributed by atoms with Gasteiger partial charge >= 0.3 is 12.1 Å². The second kappa shape index (κ2) is 8.27. The van der Waals surface area contributed by atoms with Crippen molar-refractivity contribution in [2.45, 2.75) is 24.9 Å². The number of nitrogens with two attached hydrogens (primary N) is 1. The quantitative estimate of drug-likeness (QED) is 0.351. The Hall–Kier alpha value is -3.81. The van der Waals surface area contributed by atoms with E-state index in [0.717, 1.165) is 24.7 Å². The predicted octanol–water partition coefficient (Wildman–Crippen LogP) is 4.80. The van der Waals surface area contributed by atoms with Crippen molar-refractivity contribution in [1.29, 1.82) is 0 Å². The molecule has 0 unspecified atom stereocenters. The average Bonchev–Trinajstić information content (AvgIpc) is 3.24. The molecule has 0 saturated heterocycles. The molecule has 8 nitrogen and oxygen atoms in total. The first-order chi connectivity index (χ1) is 15.9. The lowest BCUT2D eigenvalue weighted by Crippen LogP contribution is -2.17. The summed E-state index contributed by atoms with van der Waals surface area (Å²) in [5, 5.41) is 16.7. The van der Waals surface area contributed by atoms with Crippen molar-refractivity contribution in [3.05, 3.63) is 63.5 Å². The van der Waals surface area contributed by atoms with E-state index in [1.54, 1.807) is 0 Å². The zero-order valence-corrected chi connectivity index (χ0v) is 18.7. The fourth-order valence-electron chi connectivity index (χ4n) is 3.32. The third-order valence-electron chi connectivity index (χ3n) is 5.30. The Bertz CT molecular complexity index is 1390. The molecule has 1 saturated carbocycles. The standard InChI is InChI=1S/C23H17N3O5S2/c24-19-18(25-22(29)30-12-13-4-2-1-3-5-13)16(31-26-19)7-6-15-10-14-11-17(33-20(14)32-15)23(8-9-23)21(27)28/h1-5,10-11H,8-9,12H2,(H2,24,26)(H,25,29)(H,27,28). The number of carboxylic acids is 1. The second-order valence-corrected chi connectivity index (χ2v) is 9.92. The number of benzene rings is 1. The zero-order chi connectivity index (χ0) is 23.0. The summed E-state index contributed by atoms with van der Waals surface area (Å²) in [6.07, 6.45) is 0.659. The fraction of sp³-hybridized carbons (Fsp3) is 0.174. The van der Waals surface area contributed by atoms with Crippen LogP contribution in [-0.2, 0) is 21.6 Å². The number of carbonyl (C=O) groups excluding carboxylic acids is 1. The van der Waals surface area contributed by atoms with Gasteiger partial charge in [0.05, 0.1) is 8.89 Å². The Labute approximate surface area is 196 Å². The summed E-state index contributed by atoms with van der Waals surface area (Å²) in [6, 6.07) is 13.1. The summed E-state index contributed by atoms with van der Waals surface area (Å²) >= 11 is 2.97. The highest BCUT2D eigenvalue weighted by atomic mass is 32.2. The number of aliphatic carboxylic acids is 1. The van der Waals surface area contributed by atoms with Crippen molar-refractivity contribution in [3.63, 3.8) is 0 Å². The molecular weight excluding hydrogens is 462 g/mol. The Balaban J connectivity index is 1.29. The van der Waals surface area contributed by atoms with Gasteiger partial charge in [-0.1, -0.05) is 35.5 Å². The van der Waals surface area contributed by atoms with Crippen molar-refractivity contribution in [1.82, 2.24) is 5.16 Å². The first kappa shape index (κ1) is 21.1. The highest BCUT2D eigenvalue weighted by Crippen LogP contribution is 2.52. The number of nitrogens with zero attached hydrogens (tertiary/aromatic N) is 1. The topological polar surface area (TPSA) is 128 Å². The van der Waals surface area contributed by atoms with Crippen LogP contribution in [0, 0.1) is 11.8 Å². The Morgan fingerprint density at radius 1 is 1.21 bits per heavy atom. The average molecular weight is 480 g/mol. The van der Waals surface area contributed by atoms with Crippen LogP contribution in [0.2, 0.25) is 0 Å². The van der Waals surface area contributed by atoms with Gasteiger partial charge in [0, 0.05) is 10.3 Å². The molecule has 0 atom stereocenters. The minimum atomic E-state index is -0.762. The molecule has 1 aliphatic rings. The Kier molecular flexibility index (Phi) is 5.28. The number of nitrogen functional groups attached to an aromatic ring is 1. The van der Waals surface area contributed by atoms with Crippen molar-refractivity contribution >= 4 is 55.6 Å². The van der Waals surface area contributed by atoms with Crippen LogP contribution in [0.15, 0.2) is 47.0 Å². The van der Waals surface area contributed by atoms with Crippen LogP contribution in [0.1, 0.15) is 33.9 Å². The Morgan fingerprint density at radius 2 is 2.00 bits per heavy atom. The lowest BCUT2D eigenvalue weighted by molar-refractivity contribution is -0.139. The van der Waals surface area contributed by atoms with Gasteiger partial charge < -0.3 is 20.1 Å². The molecule has 4 N–H and O–H groups in total. The van der Waals surface area contributed by atoms with Gasteiger partial charge in [-0.05, 0) is 42.4 Å². The number of nitrogens with one attached hydrogen (secondary N) is 1. The number of hydrogen-bond acceptors (Lipinski definition) is 8. The van der Waals surface area contributed by atoms with Gasteiger partial charge in [0.1, 0.15) is 17.7 Å². The number of anilines is 2. The number of rotatable bonds is 5. The monoisotopic (exact) mass is 479 g/mol. The molecule has 1 amide bonds. The first-order valence-corrected chi connectivity index (χ1v) is 11.6. The molecule has 166 valence electrons. The molecule has 0 bridgehead atoms. The maximum atomic E-state index is 12.2. The highest BCUT2D eigenvalue weighted by Gasteiger charge is 2.53. The van der Waals surface area contributed by atoms with E-state index in [1.807, 2.05) is 42.5 Å². The van der Waals surface area contributed by atoms with Crippen LogP contribution in [0.25, 0.3) is 9.40 Å². The molecule has 5 rings (SSSR count). The van der Waals surface area contributed by atoms with Gasteiger partial charge in [0.2, 0.25) is 5.76 Å². The van der Waals surface area contributed by atoms with Gasteiger partial charge in [-0.2, -0.15) is 0 Å². The second-order valence-electron chi connectivity index (χ2n) is 7.56. The Morgan fingerprint density at radius 3 is 2.70 bits per heavy atom. The number of amides is 1. The fourth-order valence-corrected chi connectivity index (χ4v) is 5.85. The lowest BCUT2D eigenvalue weighted by atomic mass is 10.1. The molecule has 4 aromatic rings. The van der Waals surface area contributed by atoms with Crippen LogP contribution in [0.5, 0.6) is 0 Å². The van der Waals surface area contributed by atoms with Crippen molar-refractivity contribution in [3.8, 4) is 11.8 Å². The molecule has 1 fully saturated rings. The number of ether oxygens (including phenoxy) is 1. The van der Waals surface area contributed by atoms with Crippen molar-refractivity contribution in [2.24, 2.45) is 0 Å².